The number of halogens is 1. The lowest BCUT2D eigenvalue weighted by atomic mass is 10.2. The molecule has 1 atom stereocenters. The Kier molecular flexibility index (Phi) is 4.66. The van der Waals surface area contributed by atoms with Crippen molar-refractivity contribution in [3.8, 4) is 5.75 Å². The fraction of sp³-hybridized carbons (Fsp3) is 0.538. The first-order valence-electron chi connectivity index (χ1n) is 6.03. The van der Waals surface area contributed by atoms with Gasteiger partial charge in [0.1, 0.15) is 12.4 Å². The van der Waals surface area contributed by atoms with Crippen LogP contribution in [0.1, 0.15) is 12.8 Å². The van der Waals surface area contributed by atoms with Gasteiger partial charge in [-0.3, -0.25) is 4.90 Å². The SMILES string of the molecule is OC[C@H]1CCCN1CCOc1ccccc1Cl. The molecular formula is C13H18ClNO2. The van der Waals surface area contributed by atoms with E-state index in [4.69, 9.17) is 16.3 Å². The van der Waals surface area contributed by atoms with Crippen molar-refractivity contribution < 1.29 is 9.84 Å². The normalized spacial score (nSPS) is 20.7. The first-order chi connectivity index (χ1) is 8.31. The average Bonchev–Trinajstić information content (AvgIpc) is 2.79. The maximum absolute atomic E-state index is 9.19. The Hall–Kier alpha value is -0.770. The van der Waals surface area contributed by atoms with Crippen molar-refractivity contribution in [2.45, 2.75) is 18.9 Å². The predicted molar refractivity (Wildman–Crippen MR) is 68.6 cm³/mol. The molecule has 1 aromatic rings. The summed E-state index contributed by atoms with van der Waals surface area (Å²) in [4.78, 5) is 2.27. The average molecular weight is 256 g/mol. The molecule has 1 aliphatic heterocycles. The first-order valence-corrected chi connectivity index (χ1v) is 6.41. The van der Waals surface area contributed by atoms with E-state index in [1.165, 1.54) is 0 Å². The monoisotopic (exact) mass is 255 g/mol. The number of rotatable bonds is 5. The van der Waals surface area contributed by atoms with Crippen LogP contribution in [0.3, 0.4) is 0 Å². The molecule has 0 saturated carbocycles. The van der Waals surface area contributed by atoms with Gasteiger partial charge in [-0.2, -0.15) is 0 Å². The lowest BCUT2D eigenvalue weighted by Crippen LogP contribution is -2.35. The van der Waals surface area contributed by atoms with E-state index in [2.05, 4.69) is 4.90 Å². The Morgan fingerprint density at radius 3 is 3.00 bits per heavy atom. The molecule has 0 radical (unpaired) electrons. The van der Waals surface area contributed by atoms with Gasteiger partial charge in [0.25, 0.3) is 0 Å². The summed E-state index contributed by atoms with van der Waals surface area (Å²) in [5.74, 6) is 0.730. The maximum Gasteiger partial charge on any atom is 0.137 e. The second-order valence-corrected chi connectivity index (χ2v) is 4.70. The van der Waals surface area contributed by atoms with E-state index in [1.54, 1.807) is 0 Å². The summed E-state index contributed by atoms with van der Waals surface area (Å²) in [7, 11) is 0. The standard InChI is InChI=1S/C13H18ClNO2/c14-12-5-1-2-6-13(12)17-9-8-15-7-3-4-11(15)10-16/h1-2,5-6,11,16H,3-4,7-10H2/t11-/m1/s1. The second kappa shape index (κ2) is 6.24. The van der Waals surface area contributed by atoms with E-state index in [0.717, 1.165) is 31.7 Å². The van der Waals surface area contributed by atoms with E-state index in [9.17, 15) is 5.11 Å². The molecule has 1 N–H and O–H groups in total. The van der Waals surface area contributed by atoms with Gasteiger partial charge in [0.15, 0.2) is 0 Å². The van der Waals surface area contributed by atoms with Crippen LogP contribution in [-0.2, 0) is 0 Å². The highest BCUT2D eigenvalue weighted by atomic mass is 35.5. The molecule has 1 aliphatic rings. The van der Waals surface area contributed by atoms with Gasteiger partial charge in [-0.25, -0.2) is 0 Å². The van der Waals surface area contributed by atoms with E-state index >= 15 is 0 Å². The van der Waals surface area contributed by atoms with E-state index in [1.807, 2.05) is 24.3 Å². The van der Waals surface area contributed by atoms with Crippen molar-refractivity contribution in [3.63, 3.8) is 0 Å². The van der Waals surface area contributed by atoms with Gasteiger partial charge in [-0.1, -0.05) is 23.7 Å². The van der Waals surface area contributed by atoms with Gasteiger partial charge in [0.05, 0.1) is 11.6 Å². The van der Waals surface area contributed by atoms with Crippen LogP contribution in [0.15, 0.2) is 24.3 Å². The number of aliphatic hydroxyl groups excluding tert-OH is 1. The third kappa shape index (κ3) is 3.35. The zero-order valence-electron chi connectivity index (χ0n) is 9.81. The van der Waals surface area contributed by atoms with Gasteiger partial charge in [-0.15, -0.1) is 0 Å². The van der Waals surface area contributed by atoms with E-state index in [0.29, 0.717) is 17.7 Å². The summed E-state index contributed by atoms with van der Waals surface area (Å²) in [6, 6.07) is 7.80. The molecule has 0 bridgehead atoms. The third-order valence-electron chi connectivity index (χ3n) is 3.18. The largest absolute Gasteiger partial charge is 0.491 e. The Balaban J connectivity index is 1.78. The van der Waals surface area contributed by atoms with Crippen molar-refractivity contribution in [2.75, 3.05) is 26.3 Å². The zero-order chi connectivity index (χ0) is 12.1. The van der Waals surface area contributed by atoms with Gasteiger partial charge in [-0.05, 0) is 31.5 Å². The Labute approximate surface area is 107 Å². The minimum absolute atomic E-state index is 0.242. The number of para-hydroxylation sites is 1. The Bertz CT molecular complexity index is 359. The molecule has 1 saturated heterocycles. The minimum atomic E-state index is 0.242. The number of hydrogen-bond acceptors (Lipinski definition) is 3. The van der Waals surface area contributed by atoms with Crippen LogP contribution in [-0.4, -0.2) is 42.4 Å². The summed E-state index contributed by atoms with van der Waals surface area (Å²) in [6.45, 7) is 2.75. The van der Waals surface area contributed by atoms with E-state index < -0.39 is 0 Å². The van der Waals surface area contributed by atoms with Crippen LogP contribution in [0, 0.1) is 0 Å². The molecule has 0 aliphatic carbocycles. The van der Waals surface area contributed by atoms with Crippen LogP contribution in [0.25, 0.3) is 0 Å². The van der Waals surface area contributed by atoms with Crippen LogP contribution >= 0.6 is 11.6 Å². The molecule has 0 amide bonds. The molecule has 1 fully saturated rings. The molecular weight excluding hydrogens is 238 g/mol. The van der Waals surface area contributed by atoms with Crippen molar-refractivity contribution in [1.82, 2.24) is 4.90 Å². The molecule has 1 heterocycles. The molecule has 2 rings (SSSR count). The quantitative estimate of drug-likeness (QED) is 0.875. The fourth-order valence-electron chi connectivity index (χ4n) is 2.23. The molecule has 94 valence electrons. The molecule has 1 aromatic carbocycles. The molecule has 4 heteroatoms. The summed E-state index contributed by atoms with van der Waals surface area (Å²) >= 11 is 6.00. The number of benzene rings is 1. The smallest absolute Gasteiger partial charge is 0.137 e. The highest BCUT2D eigenvalue weighted by molar-refractivity contribution is 6.32. The Morgan fingerprint density at radius 1 is 1.41 bits per heavy atom. The minimum Gasteiger partial charge on any atom is -0.491 e. The number of nitrogens with zero attached hydrogens (tertiary/aromatic N) is 1. The van der Waals surface area contributed by atoms with Gasteiger partial charge in [0.2, 0.25) is 0 Å². The van der Waals surface area contributed by atoms with Crippen LogP contribution in [0.4, 0.5) is 0 Å². The van der Waals surface area contributed by atoms with Crippen LogP contribution in [0.5, 0.6) is 5.75 Å². The van der Waals surface area contributed by atoms with Crippen LogP contribution in [0.2, 0.25) is 5.02 Å². The highest BCUT2D eigenvalue weighted by Crippen LogP contribution is 2.23. The van der Waals surface area contributed by atoms with Gasteiger partial charge >= 0.3 is 0 Å². The van der Waals surface area contributed by atoms with Crippen molar-refractivity contribution in [1.29, 1.82) is 0 Å². The fourth-order valence-corrected chi connectivity index (χ4v) is 2.42. The topological polar surface area (TPSA) is 32.7 Å². The highest BCUT2D eigenvalue weighted by Gasteiger charge is 2.23. The molecule has 17 heavy (non-hydrogen) atoms. The number of ether oxygens (including phenoxy) is 1. The van der Waals surface area contributed by atoms with Crippen molar-refractivity contribution in [2.24, 2.45) is 0 Å². The summed E-state index contributed by atoms with van der Waals surface area (Å²) in [5, 5.41) is 9.84. The number of hydrogen-bond donors (Lipinski definition) is 1. The van der Waals surface area contributed by atoms with E-state index in [-0.39, 0.29) is 6.61 Å². The summed E-state index contributed by atoms with van der Waals surface area (Å²) in [6.07, 6.45) is 2.25. The summed E-state index contributed by atoms with van der Waals surface area (Å²) < 4.78 is 5.64. The summed E-state index contributed by atoms with van der Waals surface area (Å²) in [5.41, 5.74) is 0. The number of aliphatic hydroxyl groups is 1. The molecule has 0 spiro atoms. The van der Waals surface area contributed by atoms with Crippen molar-refractivity contribution >= 4 is 11.6 Å². The maximum atomic E-state index is 9.19. The first kappa shape index (κ1) is 12.7. The Morgan fingerprint density at radius 2 is 2.24 bits per heavy atom. The molecule has 0 aromatic heterocycles. The lowest BCUT2D eigenvalue weighted by Gasteiger charge is -2.22. The predicted octanol–water partition coefficient (Wildman–Crippen LogP) is 2.18. The second-order valence-electron chi connectivity index (χ2n) is 4.29. The number of likely N-dealkylation sites (tertiary alicyclic amines) is 1. The van der Waals surface area contributed by atoms with Crippen molar-refractivity contribution in [3.05, 3.63) is 29.3 Å². The zero-order valence-corrected chi connectivity index (χ0v) is 10.6. The third-order valence-corrected chi connectivity index (χ3v) is 3.49. The van der Waals surface area contributed by atoms with Gasteiger partial charge in [0, 0.05) is 12.6 Å². The lowest BCUT2D eigenvalue weighted by molar-refractivity contribution is 0.139. The van der Waals surface area contributed by atoms with Crippen LogP contribution < -0.4 is 4.74 Å². The molecule has 0 unspecified atom stereocenters. The van der Waals surface area contributed by atoms with Gasteiger partial charge < -0.3 is 9.84 Å². The molecule has 3 nitrogen and oxygen atoms in total.